The Morgan fingerprint density at radius 1 is 1.41 bits per heavy atom. The molecule has 0 saturated carbocycles. The van der Waals surface area contributed by atoms with Crippen molar-refractivity contribution in [2.75, 3.05) is 13.2 Å². The van der Waals surface area contributed by atoms with Crippen molar-refractivity contribution in [1.29, 1.82) is 0 Å². The molecule has 2 fully saturated rings. The third-order valence-electron chi connectivity index (χ3n) is 3.23. The number of epoxide rings is 1. The predicted octanol–water partition coefficient (Wildman–Crippen LogP) is 2.56. The molecule has 4 heteroatoms. The van der Waals surface area contributed by atoms with Gasteiger partial charge in [-0.25, -0.2) is 4.79 Å². The molecule has 4 nitrogen and oxygen atoms in total. The van der Waals surface area contributed by atoms with Crippen LogP contribution in [0.2, 0.25) is 0 Å². The lowest BCUT2D eigenvalue weighted by molar-refractivity contribution is 0.0217. The summed E-state index contributed by atoms with van der Waals surface area (Å²) in [7, 11) is 0. The van der Waals surface area contributed by atoms with E-state index < -0.39 is 5.60 Å². The first kappa shape index (κ1) is 12.7. The lowest BCUT2D eigenvalue weighted by atomic mass is 10.1. The van der Waals surface area contributed by atoms with Crippen molar-refractivity contribution in [2.24, 2.45) is 0 Å². The standard InChI is InChI=1S/C13H23NO3/c1-13(2,3)17-12(15)14-8-4-5-10(14)6-7-11-9-16-11/h10-11H,4-9H2,1-3H3. The largest absolute Gasteiger partial charge is 0.444 e. The molecule has 0 aromatic carbocycles. The van der Waals surface area contributed by atoms with Gasteiger partial charge in [0.25, 0.3) is 0 Å². The van der Waals surface area contributed by atoms with Crippen LogP contribution in [0.4, 0.5) is 4.79 Å². The van der Waals surface area contributed by atoms with Crippen LogP contribution >= 0.6 is 0 Å². The van der Waals surface area contributed by atoms with Crippen LogP contribution < -0.4 is 0 Å². The number of ether oxygens (including phenoxy) is 2. The number of carbonyl (C=O) groups is 1. The van der Waals surface area contributed by atoms with Gasteiger partial charge in [0.15, 0.2) is 0 Å². The Hall–Kier alpha value is -0.770. The highest BCUT2D eigenvalue weighted by atomic mass is 16.6. The van der Waals surface area contributed by atoms with Gasteiger partial charge in [0.1, 0.15) is 5.60 Å². The molecule has 2 unspecified atom stereocenters. The summed E-state index contributed by atoms with van der Waals surface area (Å²) in [6, 6.07) is 0.356. The van der Waals surface area contributed by atoms with Crippen LogP contribution in [0.5, 0.6) is 0 Å². The highest BCUT2D eigenvalue weighted by Crippen LogP contribution is 2.26. The fraction of sp³-hybridized carbons (Fsp3) is 0.923. The Morgan fingerprint density at radius 3 is 2.71 bits per heavy atom. The van der Waals surface area contributed by atoms with E-state index in [1.165, 1.54) is 0 Å². The van der Waals surface area contributed by atoms with Gasteiger partial charge in [0.05, 0.1) is 12.7 Å². The zero-order valence-corrected chi connectivity index (χ0v) is 11.1. The maximum absolute atomic E-state index is 12.0. The normalized spacial score (nSPS) is 28.3. The average Bonchev–Trinajstić information content (AvgIpc) is 2.90. The van der Waals surface area contributed by atoms with E-state index in [0.717, 1.165) is 38.8 Å². The molecule has 98 valence electrons. The van der Waals surface area contributed by atoms with Crippen molar-refractivity contribution in [1.82, 2.24) is 4.90 Å². The van der Waals surface area contributed by atoms with Crippen LogP contribution in [0, 0.1) is 0 Å². The number of nitrogens with zero attached hydrogens (tertiary/aromatic N) is 1. The van der Waals surface area contributed by atoms with Crippen molar-refractivity contribution < 1.29 is 14.3 Å². The molecule has 0 radical (unpaired) electrons. The summed E-state index contributed by atoms with van der Waals surface area (Å²) in [4.78, 5) is 13.9. The van der Waals surface area contributed by atoms with Crippen molar-refractivity contribution in [2.45, 2.75) is 64.2 Å². The minimum absolute atomic E-state index is 0.156. The number of rotatable bonds is 3. The van der Waals surface area contributed by atoms with Gasteiger partial charge in [-0.1, -0.05) is 0 Å². The Labute approximate surface area is 103 Å². The topological polar surface area (TPSA) is 42.1 Å². The van der Waals surface area contributed by atoms with Crippen molar-refractivity contribution in [3.05, 3.63) is 0 Å². The molecule has 0 aromatic heterocycles. The summed E-state index contributed by atoms with van der Waals surface area (Å²) in [5, 5.41) is 0. The van der Waals surface area contributed by atoms with E-state index in [4.69, 9.17) is 9.47 Å². The van der Waals surface area contributed by atoms with E-state index in [0.29, 0.717) is 12.1 Å². The summed E-state index contributed by atoms with van der Waals surface area (Å²) in [6.07, 6.45) is 4.61. The van der Waals surface area contributed by atoms with Crippen LogP contribution in [0.1, 0.15) is 46.5 Å². The predicted molar refractivity (Wildman–Crippen MR) is 64.9 cm³/mol. The van der Waals surface area contributed by atoms with Crippen LogP contribution in [-0.2, 0) is 9.47 Å². The van der Waals surface area contributed by atoms with Gasteiger partial charge in [-0.15, -0.1) is 0 Å². The fourth-order valence-electron chi connectivity index (χ4n) is 2.31. The molecule has 0 bridgehead atoms. The fourth-order valence-corrected chi connectivity index (χ4v) is 2.31. The summed E-state index contributed by atoms with van der Waals surface area (Å²) < 4.78 is 10.6. The van der Waals surface area contributed by atoms with Gasteiger partial charge in [-0.05, 0) is 46.5 Å². The second-order valence-corrected chi connectivity index (χ2v) is 6.00. The van der Waals surface area contributed by atoms with Crippen LogP contribution in [0.15, 0.2) is 0 Å². The quantitative estimate of drug-likeness (QED) is 0.713. The average molecular weight is 241 g/mol. The van der Waals surface area contributed by atoms with Gasteiger partial charge < -0.3 is 14.4 Å². The molecule has 1 amide bonds. The lowest BCUT2D eigenvalue weighted by Crippen LogP contribution is -2.39. The van der Waals surface area contributed by atoms with Gasteiger partial charge in [-0.3, -0.25) is 0 Å². The van der Waals surface area contributed by atoms with Gasteiger partial charge in [0, 0.05) is 12.6 Å². The molecule has 0 aliphatic carbocycles. The lowest BCUT2D eigenvalue weighted by Gasteiger charge is -2.28. The van der Waals surface area contributed by atoms with E-state index in [-0.39, 0.29) is 6.09 Å². The first-order valence-corrected chi connectivity index (χ1v) is 6.57. The molecule has 2 aliphatic rings. The Morgan fingerprint density at radius 2 is 2.12 bits per heavy atom. The number of hydrogen-bond acceptors (Lipinski definition) is 3. The van der Waals surface area contributed by atoms with Crippen molar-refractivity contribution in [3.8, 4) is 0 Å². The number of carbonyl (C=O) groups excluding carboxylic acids is 1. The van der Waals surface area contributed by atoms with Gasteiger partial charge in [-0.2, -0.15) is 0 Å². The van der Waals surface area contributed by atoms with Crippen molar-refractivity contribution >= 4 is 6.09 Å². The first-order valence-electron chi connectivity index (χ1n) is 6.57. The van der Waals surface area contributed by atoms with E-state index in [2.05, 4.69) is 0 Å². The Balaban J connectivity index is 1.82. The Bertz CT molecular complexity index is 281. The molecular weight excluding hydrogens is 218 g/mol. The number of amides is 1. The molecule has 0 aromatic rings. The van der Waals surface area contributed by atoms with Crippen LogP contribution in [-0.4, -0.2) is 41.9 Å². The molecule has 2 heterocycles. The van der Waals surface area contributed by atoms with Crippen molar-refractivity contribution in [3.63, 3.8) is 0 Å². The van der Waals surface area contributed by atoms with E-state index in [1.807, 2.05) is 25.7 Å². The molecule has 2 atom stereocenters. The van der Waals surface area contributed by atoms with E-state index in [9.17, 15) is 4.79 Å². The molecule has 17 heavy (non-hydrogen) atoms. The minimum Gasteiger partial charge on any atom is -0.444 e. The SMILES string of the molecule is CC(C)(C)OC(=O)N1CCCC1CCC1CO1. The zero-order valence-electron chi connectivity index (χ0n) is 11.1. The minimum atomic E-state index is -0.399. The monoisotopic (exact) mass is 241 g/mol. The molecule has 2 aliphatic heterocycles. The summed E-state index contributed by atoms with van der Waals surface area (Å²) in [6.45, 7) is 7.47. The highest BCUT2D eigenvalue weighted by Gasteiger charge is 2.33. The van der Waals surface area contributed by atoms with Crippen LogP contribution in [0.25, 0.3) is 0 Å². The zero-order chi connectivity index (χ0) is 12.5. The molecular formula is C13H23NO3. The maximum atomic E-state index is 12.0. The maximum Gasteiger partial charge on any atom is 0.410 e. The van der Waals surface area contributed by atoms with Gasteiger partial charge in [0.2, 0.25) is 0 Å². The van der Waals surface area contributed by atoms with Gasteiger partial charge >= 0.3 is 6.09 Å². The molecule has 0 spiro atoms. The third kappa shape index (κ3) is 3.87. The highest BCUT2D eigenvalue weighted by molar-refractivity contribution is 5.68. The number of likely N-dealkylation sites (tertiary alicyclic amines) is 1. The summed E-state index contributed by atoms with van der Waals surface area (Å²) in [5.74, 6) is 0. The summed E-state index contributed by atoms with van der Waals surface area (Å²) in [5.41, 5.74) is -0.399. The van der Waals surface area contributed by atoms with E-state index in [1.54, 1.807) is 0 Å². The van der Waals surface area contributed by atoms with E-state index >= 15 is 0 Å². The molecule has 2 rings (SSSR count). The Kier molecular flexibility index (Phi) is 3.61. The second-order valence-electron chi connectivity index (χ2n) is 6.00. The summed E-state index contributed by atoms with van der Waals surface area (Å²) >= 11 is 0. The van der Waals surface area contributed by atoms with Crippen LogP contribution in [0.3, 0.4) is 0 Å². The smallest absolute Gasteiger partial charge is 0.410 e. The second kappa shape index (κ2) is 4.84. The third-order valence-corrected chi connectivity index (χ3v) is 3.23. The first-order chi connectivity index (χ1) is 7.96. The number of hydrogen-bond donors (Lipinski definition) is 0. The molecule has 0 N–H and O–H groups in total. The molecule has 2 saturated heterocycles.